The van der Waals surface area contributed by atoms with E-state index in [4.69, 9.17) is 15.5 Å². The van der Waals surface area contributed by atoms with E-state index in [1.807, 2.05) is 0 Å². The third kappa shape index (κ3) is 8.42. The minimum atomic E-state index is -3.90. The largest absolute Gasteiger partial charge is 0.412 e. The smallest absolute Gasteiger partial charge is 0.384 e. The lowest BCUT2D eigenvalue weighted by Gasteiger charge is -2.07. The van der Waals surface area contributed by atoms with E-state index in [0.29, 0.717) is 11.4 Å². The molecule has 0 amide bonds. The Morgan fingerprint density at radius 1 is 1.70 bits per heavy atom. The highest BCUT2D eigenvalue weighted by Crippen LogP contribution is 2.52. The number of rotatable bonds is 3. The summed E-state index contributed by atoms with van der Waals surface area (Å²) in [5.41, 5.74) is 5.12. The lowest BCUT2D eigenvalue weighted by Crippen LogP contribution is -2.11. The first kappa shape index (κ1) is 13.0. The molecule has 0 aliphatic rings. The average Bonchev–Trinajstić information content (AvgIpc) is 1.62. The van der Waals surface area contributed by atoms with E-state index in [9.17, 15) is 4.57 Å². The summed E-state index contributed by atoms with van der Waals surface area (Å²) in [5.74, 6) is 0. The Hall–Kier alpha value is 0.420. The maximum absolute atomic E-state index is 10.2. The van der Waals surface area contributed by atoms with Crippen LogP contribution in [0.1, 0.15) is 6.92 Å². The van der Waals surface area contributed by atoms with Crippen molar-refractivity contribution < 1.29 is 19.8 Å². The Bertz CT molecular complexity index is 126. The fourth-order valence-corrected chi connectivity index (χ4v) is 2.50. The summed E-state index contributed by atoms with van der Waals surface area (Å²) in [4.78, 5) is 16.7. The number of hydrogen-bond donors (Lipinski definition) is 3. The highest BCUT2D eigenvalue weighted by atomic mass is 32.7. The van der Waals surface area contributed by atoms with Crippen LogP contribution in [0.5, 0.6) is 0 Å². The van der Waals surface area contributed by atoms with Crippen molar-refractivity contribution in [1.82, 2.24) is 0 Å². The van der Waals surface area contributed by atoms with Crippen LogP contribution in [-0.4, -0.2) is 27.1 Å². The van der Waals surface area contributed by atoms with Crippen LogP contribution in [0.25, 0.3) is 0 Å². The van der Waals surface area contributed by atoms with Crippen LogP contribution in [0.15, 0.2) is 0 Å². The fraction of sp³-hybridized carbons (Fsp3) is 1.00. The van der Waals surface area contributed by atoms with Crippen molar-refractivity contribution in [1.29, 1.82) is 0 Å². The van der Waals surface area contributed by atoms with Gasteiger partial charge in [0.1, 0.15) is 0 Å². The average molecular weight is 189 g/mol. The lowest BCUT2D eigenvalue weighted by atomic mass is 10.5. The molecule has 1 atom stereocenters. The van der Waals surface area contributed by atoms with Crippen LogP contribution in [0, 0.1) is 0 Å². The Morgan fingerprint density at radius 2 is 2.10 bits per heavy atom. The van der Waals surface area contributed by atoms with Crippen LogP contribution in [-0.2, 0) is 4.57 Å². The van der Waals surface area contributed by atoms with Crippen LogP contribution in [0.2, 0.25) is 0 Å². The fourth-order valence-electron chi connectivity index (χ4n) is 0.277. The zero-order valence-corrected chi connectivity index (χ0v) is 7.23. The standard InChI is InChI=1S/C3H10NO3PS.H2O/c1-3(2-4)9-8(5,6)7;/h3H,2,4H2,1H3,(H2,5,6,7);1H2. The molecular formula is C3H12NO4PS. The molecule has 0 radical (unpaired) electrons. The van der Waals surface area contributed by atoms with Crippen molar-refractivity contribution in [2.24, 2.45) is 5.73 Å². The van der Waals surface area contributed by atoms with Gasteiger partial charge >= 0.3 is 6.80 Å². The highest BCUT2D eigenvalue weighted by molar-refractivity contribution is 8.54. The molecule has 0 saturated heterocycles. The molecule has 0 spiro atoms. The molecule has 0 aromatic carbocycles. The second-order valence-electron chi connectivity index (χ2n) is 1.64. The van der Waals surface area contributed by atoms with E-state index in [2.05, 4.69) is 0 Å². The van der Waals surface area contributed by atoms with Gasteiger partial charge in [0.2, 0.25) is 0 Å². The monoisotopic (exact) mass is 189 g/mol. The molecule has 0 heterocycles. The Morgan fingerprint density at radius 3 is 2.20 bits per heavy atom. The van der Waals surface area contributed by atoms with E-state index in [1.54, 1.807) is 6.92 Å². The predicted molar refractivity (Wildman–Crippen MR) is 41.8 cm³/mol. The van der Waals surface area contributed by atoms with Crippen molar-refractivity contribution >= 4 is 18.2 Å². The molecule has 7 heteroatoms. The van der Waals surface area contributed by atoms with E-state index in [-0.39, 0.29) is 17.3 Å². The third-order valence-corrected chi connectivity index (χ3v) is 3.38. The SMILES string of the molecule is CC(CN)SP(=O)(O)O.O. The van der Waals surface area contributed by atoms with E-state index in [1.165, 1.54) is 0 Å². The van der Waals surface area contributed by atoms with Crippen LogP contribution < -0.4 is 5.73 Å². The van der Waals surface area contributed by atoms with Crippen LogP contribution in [0.3, 0.4) is 0 Å². The maximum Gasteiger partial charge on any atom is 0.384 e. The molecule has 10 heavy (non-hydrogen) atoms. The first-order chi connectivity index (χ1) is 3.95. The summed E-state index contributed by atoms with van der Waals surface area (Å²) >= 11 is 0.598. The quantitative estimate of drug-likeness (QED) is 0.509. The van der Waals surface area contributed by atoms with Crippen molar-refractivity contribution in [2.45, 2.75) is 12.2 Å². The molecule has 64 valence electrons. The van der Waals surface area contributed by atoms with Gasteiger partial charge in [0, 0.05) is 11.8 Å². The van der Waals surface area contributed by atoms with E-state index < -0.39 is 6.80 Å². The number of hydrogen-bond acceptors (Lipinski definition) is 3. The van der Waals surface area contributed by atoms with Gasteiger partial charge in [-0.2, -0.15) is 0 Å². The summed E-state index contributed by atoms with van der Waals surface area (Å²) in [6, 6.07) is 0. The molecule has 0 rings (SSSR count). The normalized spacial score (nSPS) is 14.0. The molecule has 0 saturated carbocycles. The molecule has 6 N–H and O–H groups in total. The zero-order chi connectivity index (χ0) is 7.49. The minimum absolute atomic E-state index is 0. The van der Waals surface area contributed by atoms with Gasteiger partial charge in [-0.1, -0.05) is 6.92 Å². The highest BCUT2D eigenvalue weighted by Gasteiger charge is 2.17. The lowest BCUT2D eigenvalue weighted by molar-refractivity contribution is 0.396. The second kappa shape index (κ2) is 5.12. The molecule has 0 aliphatic heterocycles. The molecular weight excluding hydrogens is 177 g/mol. The molecule has 0 aliphatic carbocycles. The summed E-state index contributed by atoms with van der Waals surface area (Å²) in [6.45, 7) is -1.94. The van der Waals surface area contributed by atoms with Crippen molar-refractivity contribution in [3.05, 3.63) is 0 Å². The van der Waals surface area contributed by atoms with Crippen molar-refractivity contribution in [2.75, 3.05) is 6.54 Å². The Kier molecular flexibility index (Phi) is 6.68. The molecule has 1 unspecified atom stereocenters. The van der Waals surface area contributed by atoms with Gasteiger partial charge in [0.25, 0.3) is 0 Å². The summed E-state index contributed by atoms with van der Waals surface area (Å²) in [7, 11) is 0. The molecule has 0 aromatic heterocycles. The van der Waals surface area contributed by atoms with Crippen LogP contribution in [0.4, 0.5) is 0 Å². The van der Waals surface area contributed by atoms with Crippen molar-refractivity contribution in [3.8, 4) is 0 Å². The van der Waals surface area contributed by atoms with Gasteiger partial charge in [0.05, 0.1) is 0 Å². The molecule has 0 aromatic rings. The Labute approximate surface area is 63.2 Å². The minimum Gasteiger partial charge on any atom is -0.412 e. The summed E-state index contributed by atoms with van der Waals surface area (Å²) in [5, 5.41) is -0.175. The summed E-state index contributed by atoms with van der Waals surface area (Å²) in [6.07, 6.45) is 0. The molecule has 0 bridgehead atoms. The topological polar surface area (TPSA) is 115 Å². The number of nitrogens with two attached hydrogens (primary N) is 1. The zero-order valence-electron chi connectivity index (χ0n) is 5.52. The van der Waals surface area contributed by atoms with Gasteiger partial charge < -0.3 is 21.0 Å². The Balaban J connectivity index is 0. The summed E-state index contributed by atoms with van der Waals surface area (Å²) < 4.78 is 10.2. The van der Waals surface area contributed by atoms with Gasteiger partial charge in [-0.3, -0.25) is 0 Å². The maximum atomic E-state index is 10.2. The molecule has 0 fully saturated rings. The van der Waals surface area contributed by atoms with Crippen LogP contribution >= 0.6 is 18.2 Å². The first-order valence-corrected chi connectivity index (χ1v) is 5.49. The van der Waals surface area contributed by atoms with Gasteiger partial charge in [-0.25, -0.2) is 4.57 Å². The van der Waals surface area contributed by atoms with Gasteiger partial charge in [-0.15, -0.1) is 0 Å². The van der Waals surface area contributed by atoms with E-state index >= 15 is 0 Å². The van der Waals surface area contributed by atoms with Crippen molar-refractivity contribution in [3.63, 3.8) is 0 Å². The first-order valence-electron chi connectivity index (χ1n) is 2.39. The predicted octanol–water partition coefficient (Wildman–Crippen LogP) is -0.665. The van der Waals surface area contributed by atoms with Gasteiger partial charge in [-0.05, 0) is 11.4 Å². The van der Waals surface area contributed by atoms with E-state index in [0.717, 1.165) is 0 Å². The van der Waals surface area contributed by atoms with Gasteiger partial charge in [0.15, 0.2) is 0 Å². The third-order valence-electron chi connectivity index (χ3n) is 0.649. The molecule has 5 nitrogen and oxygen atoms in total. The second-order valence-corrected chi connectivity index (χ2v) is 5.70.